The van der Waals surface area contributed by atoms with Gasteiger partial charge in [-0.2, -0.15) is 0 Å². The molecule has 0 spiro atoms. The minimum atomic E-state index is -3.81. The SMILES string of the molecule is COC(=O)C(Cl)CNS(=O)(=O)c1cccc2ncccc12. The number of hydrogen-bond donors (Lipinski definition) is 1. The van der Waals surface area contributed by atoms with E-state index in [1.165, 1.54) is 13.2 Å². The van der Waals surface area contributed by atoms with Crippen molar-refractivity contribution in [2.75, 3.05) is 13.7 Å². The van der Waals surface area contributed by atoms with Crippen LogP contribution in [0.4, 0.5) is 0 Å². The van der Waals surface area contributed by atoms with Crippen molar-refractivity contribution in [2.45, 2.75) is 10.3 Å². The van der Waals surface area contributed by atoms with Gasteiger partial charge in [-0.3, -0.25) is 9.78 Å². The lowest BCUT2D eigenvalue weighted by Gasteiger charge is -2.11. The Hall–Kier alpha value is -1.70. The first-order valence-electron chi connectivity index (χ1n) is 6.01. The molecule has 0 aliphatic heterocycles. The third-order valence-corrected chi connectivity index (χ3v) is 4.62. The number of nitrogens with zero attached hydrogens (tertiary/aromatic N) is 1. The lowest BCUT2D eigenvalue weighted by molar-refractivity contribution is -0.140. The molecule has 1 aromatic heterocycles. The zero-order chi connectivity index (χ0) is 15.5. The second-order valence-electron chi connectivity index (χ2n) is 4.17. The monoisotopic (exact) mass is 328 g/mol. The van der Waals surface area contributed by atoms with Crippen molar-refractivity contribution < 1.29 is 17.9 Å². The van der Waals surface area contributed by atoms with Crippen molar-refractivity contribution in [1.29, 1.82) is 0 Å². The van der Waals surface area contributed by atoms with E-state index in [0.29, 0.717) is 10.9 Å². The molecule has 0 saturated heterocycles. The number of halogens is 1. The van der Waals surface area contributed by atoms with Gasteiger partial charge in [0.05, 0.1) is 17.5 Å². The molecule has 8 heteroatoms. The number of nitrogens with one attached hydrogen (secondary N) is 1. The zero-order valence-corrected chi connectivity index (χ0v) is 12.7. The lowest BCUT2D eigenvalue weighted by atomic mass is 10.2. The van der Waals surface area contributed by atoms with E-state index in [1.54, 1.807) is 30.5 Å². The summed E-state index contributed by atoms with van der Waals surface area (Å²) in [6.07, 6.45) is 1.58. The molecule has 1 atom stereocenters. The Bertz CT molecular complexity index is 758. The van der Waals surface area contributed by atoms with Crippen LogP contribution < -0.4 is 4.72 Å². The summed E-state index contributed by atoms with van der Waals surface area (Å²) in [4.78, 5) is 15.4. The minimum absolute atomic E-state index is 0.0850. The number of benzene rings is 1. The van der Waals surface area contributed by atoms with E-state index < -0.39 is 21.4 Å². The van der Waals surface area contributed by atoms with Crippen LogP contribution in [-0.4, -0.2) is 38.4 Å². The summed E-state index contributed by atoms with van der Waals surface area (Å²) in [6.45, 7) is -0.257. The Morgan fingerprint density at radius 2 is 2.14 bits per heavy atom. The normalized spacial score (nSPS) is 13.0. The van der Waals surface area contributed by atoms with Crippen LogP contribution in [0.5, 0.6) is 0 Å². The van der Waals surface area contributed by atoms with E-state index >= 15 is 0 Å². The highest BCUT2D eigenvalue weighted by Gasteiger charge is 2.22. The second kappa shape index (κ2) is 6.38. The number of hydrogen-bond acceptors (Lipinski definition) is 5. The van der Waals surface area contributed by atoms with Gasteiger partial charge in [0.25, 0.3) is 0 Å². The van der Waals surface area contributed by atoms with Gasteiger partial charge in [0, 0.05) is 18.1 Å². The molecule has 0 saturated carbocycles. The maximum Gasteiger partial charge on any atom is 0.325 e. The van der Waals surface area contributed by atoms with E-state index in [2.05, 4.69) is 14.4 Å². The van der Waals surface area contributed by atoms with E-state index in [9.17, 15) is 13.2 Å². The van der Waals surface area contributed by atoms with Gasteiger partial charge in [-0.25, -0.2) is 13.1 Å². The molecular formula is C13H13ClN2O4S. The van der Waals surface area contributed by atoms with Gasteiger partial charge in [-0.1, -0.05) is 6.07 Å². The summed E-state index contributed by atoms with van der Waals surface area (Å²) in [5, 5.41) is -0.588. The van der Waals surface area contributed by atoms with Gasteiger partial charge >= 0.3 is 5.97 Å². The van der Waals surface area contributed by atoms with Crippen LogP contribution in [0.15, 0.2) is 41.4 Å². The predicted octanol–water partition coefficient (Wildman–Crippen LogP) is 1.29. The standard InChI is InChI=1S/C13H13ClN2O4S/c1-20-13(17)10(14)8-16-21(18,19)12-6-2-5-11-9(12)4-3-7-15-11/h2-7,10,16H,8H2,1H3. The Morgan fingerprint density at radius 3 is 2.86 bits per heavy atom. The molecule has 1 aromatic carbocycles. The van der Waals surface area contributed by atoms with Crippen LogP contribution in [0.25, 0.3) is 10.9 Å². The van der Waals surface area contributed by atoms with Gasteiger partial charge in [0.15, 0.2) is 0 Å². The van der Waals surface area contributed by atoms with Crippen LogP contribution in [-0.2, 0) is 19.6 Å². The molecule has 112 valence electrons. The largest absolute Gasteiger partial charge is 0.468 e. The third kappa shape index (κ3) is 3.49. The number of aromatic nitrogens is 1. The maximum absolute atomic E-state index is 12.3. The summed E-state index contributed by atoms with van der Waals surface area (Å²) in [5.74, 6) is -0.695. The Morgan fingerprint density at radius 1 is 1.38 bits per heavy atom. The molecule has 2 rings (SSSR count). The highest BCUT2D eigenvalue weighted by atomic mass is 35.5. The highest BCUT2D eigenvalue weighted by Crippen LogP contribution is 2.21. The van der Waals surface area contributed by atoms with E-state index in [0.717, 1.165) is 0 Å². The average molecular weight is 329 g/mol. The van der Waals surface area contributed by atoms with Gasteiger partial charge in [-0.15, -0.1) is 11.6 Å². The summed E-state index contributed by atoms with van der Waals surface area (Å²) < 4.78 is 31.4. The Labute approximate surface area is 127 Å². The van der Waals surface area contributed by atoms with Crippen molar-refractivity contribution in [1.82, 2.24) is 9.71 Å². The van der Waals surface area contributed by atoms with Crippen LogP contribution in [0.3, 0.4) is 0 Å². The molecule has 1 heterocycles. The molecule has 21 heavy (non-hydrogen) atoms. The van der Waals surface area contributed by atoms with Crippen molar-refractivity contribution in [2.24, 2.45) is 0 Å². The topological polar surface area (TPSA) is 85.4 Å². The zero-order valence-electron chi connectivity index (χ0n) is 11.1. The van der Waals surface area contributed by atoms with Crippen LogP contribution in [0.1, 0.15) is 0 Å². The van der Waals surface area contributed by atoms with Gasteiger partial charge in [0.2, 0.25) is 10.0 Å². The van der Waals surface area contributed by atoms with Crippen LogP contribution in [0.2, 0.25) is 0 Å². The fourth-order valence-electron chi connectivity index (χ4n) is 1.78. The van der Waals surface area contributed by atoms with E-state index in [1.807, 2.05) is 0 Å². The molecule has 0 aliphatic carbocycles. The summed E-state index contributed by atoms with van der Waals surface area (Å²) in [7, 11) is -2.62. The van der Waals surface area contributed by atoms with Crippen LogP contribution >= 0.6 is 11.6 Å². The number of sulfonamides is 1. The van der Waals surface area contributed by atoms with Gasteiger partial charge < -0.3 is 4.74 Å². The average Bonchev–Trinajstić information content (AvgIpc) is 2.51. The first-order chi connectivity index (χ1) is 9.95. The molecule has 6 nitrogen and oxygen atoms in total. The number of esters is 1. The first-order valence-corrected chi connectivity index (χ1v) is 7.93. The van der Waals surface area contributed by atoms with E-state index in [-0.39, 0.29) is 11.4 Å². The number of ether oxygens (including phenoxy) is 1. The number of carbonyl (C=O) groups is 1. The quantitative estimate of drug-likeness (QED) is 0.660. The van der Waals surface area contributed by atoms with Crippen molar-refractivity contribution in [3.63, 3.8) is 0 Å². The van der Waals surface area contributed by atoms with Crippen molar-refractivity contribution in [3.8, 4) is 0 Å². The smallest absolute Gasteiger partial charge is 0.325 e. The fraction of sp³-hybridized carbons (Fsp3) is 0.231. The number of methoxy groups -OCH3 is 1. The molecule has 1 N–H and O–H groups in total. The summed E-state index contributed by atoms with van der Waals surface area (Å²) >= 11 is 5.73. The third-order valence-electron chi connectivity index (χ3n) is 2.80. The lowest BCUT2D eigenvalue weighted by Crippen LogP contribution is -2.34. The number of pyridine rings is 1. The summed E-state index contributed by atoms with van der Waals surface area (Å²) in [5.41, 5.74) is 0.566. The van der Waals surface area contributed by atoms with Crippen LogP contribution in [0, 0.1) is 0 Å². The van der Waals surface area contributed by atoms with Gasteiger partial charge in [0.1, 0.15) is 5.38 Å². The number of fused-ring (bicyclic) bond motifs is 1. The molecule has 1 unspecified atom stereocenters. The second-order valence-corrected chi connectivity index (χ2v) is 6.43. The number of alkyl halides is 1. The minimum Gasteiger partial charge on any atom is -0.468 e. The summed E-state index contributed by atoms with van der Waals surface area (Å²) in [6, 6.07) is 8.10. The predicted molar refractivity (Wildman–Crippen MR) is 78.6 cm³/mol. The number of carbonyl (C=O) groups excluding carboxylic acids is 1. The molecule has 2 aromatic rings. The number of rotatable bonds is 5. The molecule has 0 bridgehead atoms. The first kappa shape index (κ1) is 15.7. The van der Waals surface area contributed by atoms with Crippen molar-refractivity contribution >= 4 is 38.5 Å². The fourth-order valence-corrected chi connectivity index (χ4v) is 3.30. The maximum atomic E-state index is 12.3. The Kier molecular flexibility index (Phi) is 4.76. The molecule has 0 amide bonds. The molecule has 0 radical (unpaired) electrons. The molecule has 0 fully saturated rings. The van der Waals surface area contributed by atoms with Crippen molar-refractivity contribution in [3.05, 3.63) is 36.5 Å². The molecular weight excluding hydrogens is 316 g/mol. The Balaban J connectivity index is 2.28. The van der Waals surface area contributed by atoms with Gasteiger partial charge in [-0.05, 0) is 24.3 Å². The van der Waals surface area contributed by atoms with E-state index in [4.69, 9.17) is 11.6 Å². The highest BCUT2D eigenvalue weighted by molar-refractivity contribution is 7.89. The molecule has 0 aliphatic rings.